The zero-order chi connectivity index (χ0) is 13.5. The van der Waals surface area contributed by atoms with Gasteiger partial charge in [-0.25, -0.2) is 0 Å². The van der Waals surface area contributed by atoms with Gasteiger partial charge in [-0.15, -0.1) is 0 Å². The molecule has 0 amide bonds. The van der Waals surface area contributed by atoms with Gasteiger partial charge in [-0.2, -0.15) is 0 Å². The molecule has 0 aliphatic carbocycles. The predicted octanol–water partition coefficient (Wildman–Crippen LogP) is 3.45. The van der Waals surface area contributed by atoms with Crippen molar-refractivity contribution >= 4 is 33.5 Å². The molecule has 0 heterocycles. The number of thiocarbonyl (C=S) groups is 1. The molecule has 5 heteroatoms. The van der Waals surface area contributed by atoms with Crippen LogP contribution in [0.15, 0.2) is 54.6 Å². The third kappa shape index (κ3) is 5.13. The van der Waals surface area contributed by atoms with Gasteiger partial charge in [-0.3, -0.25) is 0 Å². The summed E-state index contributed by atoms with van der Waals surface area (Å²) in [5, 5.41) is 3.26. The maximum absolute atomic E-state index is 5.37. The van der Waals surface area contributed by atoms with Crippen molar-refractivity contribution in [2.45, 2.75) is 0 Å². The number of rotatable bonds is 4. The van der Waals surface area contributed by atoms with Crippen LogP contribution in [0.4, 0.5) is 5.69 Å². The number of hydrogen-bond donors (Lipinski definition) is 1. The third-order valence-corrected chi connectivity index (χ3v) is 17.1. The van der Waals surface area contributed by atoms with Crippen LogP contribution in [0.5, 0.6) is 5.75 Å². The molecule has 2 rings (SSSR count). The van der Waals surface area contributed by atoms with Gasteiger partial charge in [0.05, 0.1) is 0 Å². The van der Waals surface area contributed by atoms with E-state index in [4.69, 9.17) is 17.0 Å². The Morgan fingerprint density at radius 3 is 2.42 bits per heavy atom. The first-order chi connectivity index (χ1) is 9.28. The average Bonchev–Trinajstić information content (AvgIpc) is 2.47. The normalized spacial score (nSPS) is 9.53. The molecule has 0 aliphatic rings. The van der Waals surface area contributed by atoms with E-state index in [2.05, 4.69) is 17.4 Å². The minimum atomic E-state index is -1.22. The van der Waals surface area contributed by atoms with Crippen molar-refractivity contribution in [2.75, 3.05) is 12.4 Å². The molecule has 2 nitrogen and oxygen atoms in total. The van der Waals surface area contributed by atoms with Crippen LogP contribution in [-0.4, -0.2) is 11.4 Å². The number of ether oxygens (including phenoxy) is 1. The number of hydrogen-bond acceptors (Lipinski definition) is 3. The van der Waals surface area contributed by atoms with E-state index in [0.29, 0.717) is 0 Å². The molecule has 1 N–H and O–H groups in total. The summed E-state index contributed by atoms with van der Waals surface area (Å²) in [7, 11) is 3.53. The van der Waals surface area contributed by atoms with Gasteiger partial charge in [0.15, 0.2) is 0 Å². The summed E-state index contributed by atoms with van der Waals surface area (Å²) in [6.07, 6.45) is 0. The Kier molecular flexibility index (Phi) is 6.14. The summed E-state index contributed by atoms with van der Waals surface area (Å²) in [6, 6.07) is 18.4. The van der Waals surface area contributed by atoms with Crippen molar-refractivity contribution < 1.29 is 27.8 Å². The van der Waals surface area contributed by atoms with Gasteiger partial charge < -0.3 is 0 Å². The Bertz CT molecular complexity index is 531. The van der Waals surface area contributed by atoms with E-state index in [9.17, 15) is 0 Å². The second-order valence-corrected chi connectivity index (χ2v) is 15.5. The summed E-state index contributed by atoms with van der Waals surface area (Å²) in [5.74, 6) is 0.909. The molecule has 2 aromatic carbocycles. The van der Waals surface area contributed by atoms with Gasteiger partial charge in [0.1, 0.15) is 0 Å². The Morgan fingerprint density at radius 1 is 1.11 bits per heavy atom. The van der Waals surface area contributed by atoms with Crippen molar-refractivity contribution in [3.8, 4) is 5.75 Å². The quantitative estimate of drug-likeness (QED) is 0.540. The molecule has 19 heavy (non-hydrogen) atoms. The molecule has 2 aromatic rings. The molecule has 0 saturated carbocycles. The summed E-state index contributed by atoms with van der Waals surface area (Å²) in [5.41, 5.74) is 1.06. The molecular formula is C14H13HgNOS2. The Hall–Kier alpha value is -0.585. The van der Waals surface area contributed by atoms with E-state index in [0.717, 1.165) is 15.8 Å². The SMILES string of the molecule is COc1cc[c]([Hg][S]C(=S)Nc2ccccc2)cc1. The van der Waals surface area contributed by atoms with Crippen LogP contribution < -0.4 is 13.1 Å². The zero-order valence-corrected chi connectivity index (χ0v) is 17.8. The van der Waals surface area contributed by atoms with E-state index >= 15 is 0 Å². The van der Waals surface area contributed by atoms with E-state index in [1.165, 1.54) is 3.07 Å². The van der Waals surface area contributed by atoms with Gasteiger partial charge in [-0.1, -0.05) is 0 Å². The first-order valence-corrected chi connectivity index (χ1v) is 16.8. The summed E-state index contributed by atoms with van der Waals surface area (Å²) in [6.45, 7) is 0. The second-order valence-electron chi connectivity index (χ2n) is 3.92. The summed E-state index contributed by atoms with van der Waals surface area (Å²) in [4.78, 5) is 0. The van der Waals surface area contributed by atoms with Crippen molar-refractivity contribution in [3.05, 3.63) is 54.6 Å². The Labute approximate surface area is 133 Å². The zero-order valence-electron chi connectivity index (χ0n) is 10.6. The summed E-state index contributed by atoms with van der Waals surface area (Å²) >= 11 is 4.15. The van der Waals surface area contributed by atoms with E-state index in [-0.39, 0.29) is 0 Å². The number of nitrogens with one attached hydrogen (secondary N) is 1. The fourth-order valence-electron chi connectivity index (χ4n) is 1.55. The fourth-order valence-corrected chi connectivity index (χ4v) is 11.4. The molecule has 0 aromatic heterocycles. The number of methoxy groups -OCH3 is 1. The van der Waals surface area contributed by atoms with Crippen LogP contribution in [0.25, 0.3) is 0 Å². The molecule has 0 aliphatic heterocycles. The Morgan fingerprint density at radius 2 is 1.79 bits per heavy atom. The Balaban J connectivity index is 1.83. The van der Waals surface area contributed by atoms with Crippen molar-refractivity contribution in [2.24, 2.45) is 0 Å². The van der Waals surface area contributed by atoms with E-state index in [1.54, 1.807) is 7.11 Å². The third-order valence-electron chi connectivity index (χ3n) is 2.55. The first-order valence-electron chi connectivity index (χ1n) is 5.89. The topological polar surface area (TPSA) is 21.3 Å². The monoisotopic (exact) mass is 477 g/mol. The van der Waals surface area contributed by atoms with Gasteiger partial charge in [-0.05, 0) is 0 Å². The number of anilines is 1. The van der Waals surface area contributed by atoms with Crippen LogP contribution in [0.3, 0.4) is 0 Å². The van der Waals surface area contributed by atoms with E-state index in [1.807, 2.05) is 50.7 Å². The molecule has 0 radical (unpaired) electrons. The molecule has 0 atom stereocenters. The average molecular weight is 476 g/mol. The number of benzene rings is 2. The molecule has 0 saturated heterocycles. The van der Waals surface area contributed by atoms with Gasteiger partial charge in [0, 0.05) is 0 Å². The maximum atomic E-state index is 5.37. The van der Waals surface area contributed by atoms with Crippen LogP contribution in [0, 0.1) is 0 Å². The van der Waals surface area contributed by atoms with Gasteiger partial charge in [0.2, 0.25) is 0 Å². The predicted molar refractivity (Wildman–Crippen MR) is 82.9 cm³/mol. The van der Waals surface area contributed by atoms with Crippen LogP contribution in [0.2, 0.25) is 0 Å². The van der Waals surface area contributed by atoms with Crippen molar-refractivity contribution in [1.82, 2.24) is 0 Å². The minimum absolute atomic E-state index is 0.878. The molecule has 0 bridgehead atoms. The molecule has 0 unspecified atom stereocenters. The van der Waals surface area contributed by atoms with E-state index < -0.39 is 23.1 Å². The number of para-hydroxylation sites is 1. The van der Waals surface area contributed by atoms with Crippen molar-refractivity contribution in [1.29, 1.82) is 0 Å². The van der Waals surface area contributed by atoms with Gasteiger partial charge >= 0.3 is 134 Å². The standard InChI is InChI=1S/C7H7NS2.C7H7O.Hg/c9-7(10)8-6-4-2-1-3-5-6;1-8-7-5-3-2-4-6-7;/h1-5H,(H2,8,9,10);3-6H,1H3;/q;;+1/p-1. The first kappa shape index (κ1) is 14.8. The van der Waals surface area contributed by atoms with Crippen LogP contribution >= 0.6 is 20.5 Å². The van der Waals surface area contributed by atoms with Crippen molar-refractivity contribution in [3.63, 3.8) is 0 Å². The van der Waals surface area contributed by atoms with Gasteiger partial charge in [0.25, 0.3) is 0 Å². The second kappa shape index (κ2) is 7.87. The van der Waals surface area contributed by atoms with Crippen LogP contribution in [-0.2, 0) is 23.1 Å². The molecular weight excluding hydrogens is 463 g/mol. The molecule has 0 spiro atoms. The summed E-state index contributed by atoms with van der Waals surface area (Å²) < 4.78 is 7.48. The molecule has 0 fully saturated rings. The fraction of sp³-hybridized carbons (Fsp3) is 0.0714. The van der Waals surface area contributed by atoms with Crippen LogP contribution in [0.1, 0.15) is 0 Å². The molecule has 94 valence electrons.